The van der Waals surface area contributed by atoms with E-state index in [9.17, 15) is 4.79 Å². The van der Waals surface area contributed by atoms with Gasteiger partial charge in [0.15, 0.2) is 11.6 Å². The highest BCUT2D eigenvalue weighted by Crippen LogP contribution is 2.35. The highest BCUT2D eigenvalue weighted by Gasteiger charge is 2.19. The zero-order valence-electron chi connectivity index (χ0n) is 16.4. The van der Waals surface area contributed by atoms with Crippen LogP contribution in [0.25, 0.3) is 16.9 Å². The van der Waals surface area contributed by atoms with Gasteiger partial charge in [0, 0.05) is 50.4 Å². The Hall–Kier alpha value is -3.45. The molecule has 0 saturated heterocycles. The minimum absolute atomic E-state index is 0.119. The molecule has 0 bridgehead atoms. The van der Waals surface area contributed by atoms with E-state index in [1.54, 1.807) is 23.2 Å². The molecule has 1 N–H and O–H groups in total. The van der Waals surface area contributed by atoms with E-state index in [1.807, 2.05) is 43.5 Å². The maximum Gasteiger partial charge on any atom is 0.209 e. The molecule has 3 heterocycles. The van der Waals surface area contributed by atoms with E-state index in [0.717, 1.165) is 28.8 Å². The second-order valence-corrected chi connectivity index (χ2v) is 6.73. The molecule has 7 heteroatoms. The summed E-state index contributed by atoms with van der Waals surface area (Å²) >= 11 is 0. The number of hydrogen-bond donors (Lipinski definition) is 1. The molecule has 29 heavy (non-hydrogen) atoms. The summed E-state index contributed by atoms with van der Waals surface area (Å²) in [5.41, 5.74) is 2.74. The zero-order valence-corrected chi connectivity index (χ0v) is 16.4. The Labute approximate surface area is 168 Å². The van der Waals surface area contributed by atoms with Gasteiger partial charge in [-0.15, -0.1) is 0 Å². The van der Waals surface area contributed by atoms with Gasteiger partial charge in [0.2, 0.25) is 5.88 Å². The summed E-state index contributed by atoms with van der Waals surface area (Å²) in [6.07, 6.45) is 6.92. The Morgan fingerprint density at radius 2 is 2.14 bits per heavy atom. The van der Waals surface area contributed by atoms with Crippen molar-refractivity contribution in [3.05, 3.63) is 72.1 Å². The summed E-state index contributed by atoms with van der Waals surface area (Å²) in [5.74, 6) is 1.55. The number of fused-ring (bicyclic) bond motifs is 1. The number of aromatic nitrogens is 3. The van der Waals surface area contributed by atoms with Gasteiger partial charge in [0.05, 0.1) is 5.39 Å². The van der Waals surface area contributed by atoms with E-state index < -0.39 is 0 Å². The first kappa shape index (κ1) is 18.9. The first-order valence-electron chi connectivity index (χ1n) is 9.44. The van der Waals surface area contributed by atoms with Crippen LogP contribution in [0.4, 0.5) is 0 Å². The lowest BCUT2D eigenvalue weighted by atomic mass is 10.1. The SMILES string of the molecule is CC(=O)c1nccn1-c1oc2cccc(OCCNCc3cccnc3)c2c1C. The van der Waals surface area contributed by atoms with E-state index in [4.69, 9.17) is 9.15 Å². The van der Waals surface area contributed by atoms with E-state index in [-0.39, 0.29) is 5.78 Å². The maximum atomic E-state index is 11.8. The number of aryl methyl sites for hydroxylation is 1. The molecule has 0 unspecified atom stereocenters. The average molecular weight is 390 g/mol. The van der Waals surface area contributed by atoms with Gasteiger partial charge >= 0.3 is 0 Å². The van der Waals surface area contributed by atoms with Crippen LogP contribution in [0.15, 0.2) is 59.5 Å². The fraction of sp³-hybridized carbons (Fsp3) is 0.227. The van der Waals surface area contributed by atoms with Crippen molar-refractivity contribution in [1.29, 1.82) is 0 Å². The van der Waals surface area contributed by atoms with Gasteiger partial charge in [-0.2, -0.15) is 0 Å². The van der Waals surface area contributed by atoms with E-state index in [2.05, 4.69) is 15.3 Å². The molecule has 0 aliphatic rings. The molecule has 148 valence electrons. The molecular weight excluding hydrogens is 368 g/mol. The van der Waals surface area contributed by atoms with Crippen molar-refractivity contribution in [1.82, 2.24) is 19.9 Å². The minimum atomic E-state index is -0.119. The number of furan rings is 1. The summed E-state index contributed by atoms with van der Waals surface area (Å²) in [6, 6.07) is 9.67. The standard InChI is InChI=1S/C22H22N4O3/c1-15-20-18(28-12-10-24-14-17-5-4-8-23-13-17)6-3-7-19(20)29-22(15)26-11-9-25-21(26)16(2)27/h3-9,11,13,24H,10,12,14H2,1-2H3. The van der Waals surface area contributed by atoms with Crippen molar-refractivity contribution in [2.24, 2.45) is 0 Å². The lowest BCUT2D eigenvalue weighted by molar-refractivity contribution is 0.100. The Bertz CT molecular complexity index is 1130. The molecule has 1 aromatic carbocycles. The predicted octanol–water partition coefficient (Wildman–Crippen LogP) is 3.69. The summed E-state index contributed by atoms with van der Waals surface area (Å²) < 4.78 is 13.7. The van der Waals surface area contributed by atoms with Crippen LogP contribution in [0.5, 0.6) is 5.75 Å². The van der Waals surface area contributed by atoms with Gasteiger partial charge in [-0.1, -0.05) is 12.1 Å². The normalized spacial score (nSPS) is 11.1. The molecule has 0 amide bonds. The van der Waals surface area contributed by atoms with Gasteiger partial charge in [0.1, 0.15) is 17.9 Å². The van der Waals surface area contributed by atoms with Crippen molar-refractivity contribution in [2.75, 3.05) is 13.2 Å². The number of pyridine rings is 1. The topological polar surface area (TPSA) is 82.2 Å². The first-order valence-corrected chi connectivity index (χ1v) is 9.44. The molecule has 0 saturated carbocycles. The van der Waals surface area contributed by atoms with Crippen molar-refractivity contribution in [2.45, 2.75) is 20.4 Å². The van der Waals surface area contributed by atoms with Crippen molar-refractivity contribution < 1.29 is 13.9 Å². The summed E-state index contributed by atoms with van der Waals surface area (Å²) in [4.78, 5) is 20.1. The summed E-state index contributed by atoms with van der Waals surface area (Å²) in [5, 5.41) is 4.24. The number of nitrogens with one attached hydrogen (secondary N) is 1. The molecule has 0 fully saturated rings. The van der Waals surface area contributed by atoms with Crippen LogP contribution >= 0.6 is 0 Å². The second kappa shape index (κ2) is 8.28. The largest absolute Gasteiger partial charge is 0.491 e. The van der Waals surface area contributed by atoms with Crippen LogP contribution in [0.3, 0.4) is 0 Å². The molecule has 0 radical (unpaired) electrons. The maximum absolute atomic E-state index is 11.8. The van der Waals surface area contributed by atoms with E-state index in [1.165, 1.54) is 6.92 Å². The molecule has 0 spiro atoms. The van der Waals surface area contributed by atoms with Crippen LogP contribution in [-0.2, 0) is 6.54 Å². The summed E-state index contributed by atoms with van der Waals surface area (Å²) in [6.45, 7) is 5.40. The number of imidazole rings is 1. The van der Waals surface area contributed by atoms with Gasteiger partial charge in [-0.25, -0.2) is 4.98 Å². The van der Waals surface area contributed by atoms with Gasteiger partial charge in [0.25, 0.3) is 0 Å². The van der Waals surface area contributed by atoms with E-state index >= 15 is 0 Å². The van der Waals surface area contributed by atoms with Crippen LogP contribution in [-0.4, -0.2) is 33.5 Å². The number of carbonyl (C=O) groups excluding carboxylic acids is 1. The van der Waals surface area contributed by atoms with Crippen LogP contribution < -0.4 is 10.1 Å². The highest BCUT2D eigenvalue weighted by atomic mass is 16.5. The quantitative estimate of drug-likeness (QED) is 0.365. The Morgan fingerprint density at radius 3 is 2.93 bits per heavy atom. The predicted molar refractivity (Wildman–Crippen MR) is 110 cm³/mol. The molecule has 3 aromatic heterocycles. The molecule has 4 rings (SSSR count). The van der Waals surface area contributed by atoms with Crippen molar-refractivity contribution in [3.8, 4) is 11.6 Å². The van der Waals surface area contributed by atoms with Crippen molar-refractivity contribution >= 4 is 16.8 Å². The smallest absolute Gasteiger partial charge is 0.209 e. The van der Waals surface area contributed by atoms with Gasteiger partial charge in [-0.05, 0) is 30.7 Å². The summed E-state index contributed by atoms with van der Waals surface area (Å²) in [7, 11) is 0. The molecule has 0 aliphatic heterocycles. The van der Waals surface area contributed by atoms with Crippen LogP contribution in [0.2, 0.25) is 0 Å². The monoisotopic (exact) mass is 390 g/mol. The van der Waals surface area contributed by atoms with E-state index in [0.29, 0.717) is 30.4 Å². The number of ether oxygens (including phenoxy) is 1. The fourth-order valence-corrected chi connectivity index (χ4v) is 3.30. The van der Waals surface area contributed by atoms with Gasteiger partial charge in [-0.3, -0.25) is 14.3 Å². The second-order valence-electron chi connectivity index (χ2n) is 6.73. The molecule has 7 nitrogen and oxygen atoms in total. The third-order valence-corrected chi connectivity index (χ3v) is 4.65. The molecule has 0 atom stereocenters. The average Bonchev–Trinajstić information content (AvgIpc) is 3.34. The zero-order chi connectivity index (χ0) is 20.2. The number of ketones is 1. The number of hydrogen-bond acceptors (Lipinski definition) is 6. The number of carbonyl (C=O) groups is 1. The Balaban J connectivity index is 1.49. The minimum Gasteiger partial charge on any atom is -0.491 e. The number of Topliss-reactive ketones (excluding diaryl/α,β-unsaturated/α-hetero) is 1. The highest BCUT2D eigenvalue weighted by molar-refractivity contribution is 5.93. The third-order valence-electron chi connectivity index (χ3n) is 4.65. The third kappa shape index (κ3) is 3.90. The number of nitrogens with zero attached hydrogens (tertiary/aromatic N) is 3. The molecule has 0 aliphatic carbocycles. The van der Waals surface area contributed by atoms with Gasteiger partial charge < -0.3 is 14.5 Å². The molecular formula is C22H22N4O3. The Kier molecular flexibility index (Phi) is 5.39. The first-order chi connectivity index (χ1) is 14.1. The van der Waals surface area contributed by atoms with Crippen molar-refractivity contribution in [3.63, 3.8) is 0 Å². The lowest BCUT2D eigenvalue weighted by Gasteiger charge is -2.09. The Morgan fingerprint density at radius 1 is 1.24 bits per heavy atom. The van der Waals surface area contributed by atoms with Crippen LogP contribution in [0.1, 0.15) is 28.7 Å². The fourth-order valence-electron chi connectivity index (χ4n) is 3.30. The molecule has 4 aromatic rings. The lowest BCUT2D eigenvalue weighted by Crippen LogP contribution is -2.20. The van der Waals surface area contributed by atoms with Crippen LogP contribution in [0, 0.1) is 6.92 Å². The number of benzene rings is 1. The number of rotatable bonds is 8.